The van der Waals surface area contributed by atoms with Gasteiger partial charge in [0.2, 0.25) is 11.9 Å². The number of nitrogens with one attached hydrogen (secondary N) is 2. The Hall–Kier alpha value is -4.53. The van der Waals surface area contributed by atoms with Gasteiger partial charge in [0.1, 0.15) is 12.1 Å². The number of benzene rings is 2. The summed E-state index contributed by atoms with van der Waals surface area (Å²) in [6.45, 7) is 0.678. The van der Waals surface area contributed by atoms with Crippen molar-refractivity contribution in [2.45, 2.75) is 6.42 Å². The predicted molar refractivity (Wildman–Crippen MR) is 127 cm³/mol. The Balaban J connectivity index is 1.45. The molecule has 0 fully saturated rings. The van der Waals surface area contributed by atoms with Crippen molar-refractivity contribution in [3.63, 3.8) is 0 Å². The number of hydrogen-bond acceptors (Lipinski definition) is 8. The largest absolute Gasteiger partial charge is 0.497 e. The van der Waals surface area contributed by atoms with Crippen molar-refractivity contribution in [1.29, 1.82) is 0 Å². The van der Waals surface area contributed by atoms with Gasteiger partial charge in [-0.1, -0.05) is 30.3 Å². The molecule has 5 rings (SSSR count). The molecule has 0 aliphatic heterocycles. The summed E-state index contributed by atoms with van der Waals surface area (Å²) >= 11 is 0. The minimum absolute atomic E-state index is 0.387. The molecule has 0 aliphatic rings. The highest BCUT2D eigenvalue weighted by Gasteiger charge is 2.15. The third-order valence-electron chi connectivity index (χ3n) is 5.09. The highest BCUT2D eigenvalue weighted by Crippen LogP contribution is 2.24. The fourth-order valence-electron chi connectivity index (χ4n) is 3.44. The molecule has 0 radical (unpaired) electrons. The van der Waals surface area contributed by atoms with Crippen LogP contribution < -0.4 is 15.4 Å². The molecule has 0 saturated heterocycles. The quantitative estimate of drug-likeness (QED) is 0.375. The van der Waals surface area contributed by atoms with Gasteiger partial charge >= 0.3 is 0 Å². The maximum atomic E-state index is 5.23. The Kier molecular flexibility index (Phi) is 5.75. The summed E-state index contributed by atoms with van der Waals surface area (Å²) in [6.07, 6.45) is 5.90. The zero-order valence-electron chi connectivity index (χ0n) is 18.0. The highest BCUT2D eigenvalue weighted by atomic mass is 16.5. The summed E-state index contributed by atoms with van der Waals surface area (Å²) in [4.78, 5) is 22.4. The molecule has 2 aromatic carbocycles. The Morgan fingerprint density at radius 1 is 0.848 bits per heavy atom. The van der Waals surface area contributed by atoms with Crippen molar-refractivity contribution >= 4 is 28.9 Å². The standard InChI is InChI=1S/C24H22N8O/c1-33-19-10-8-17(9-11-19)12-15-25-21-20-22(32(16-28-20)18-6-3-2-4-7-18)30-24(29-21)31-23-26-13-5-14-27-23/h2-11,13-14,16H,12,15H2,1H3,(H2,25,26,27,29,30,31). The van der Waals surface area contributed by atoms with Crippen LogP contribution in [0.4, 0.5) is 17.7 Å². The fourth-order valence-corrected chi connectivity index (χ4v) is 3.44. The SMILES string of the molecule is COc1ccc(CCNc2nc(Nc3ncccn3)nc3c2ncn3-c2ccccc2)cc1. The number of hydrogen-bond donors (Lipinski definition) is 2. The van der Waals surface area contributed by atoms with Crippen molar-refractivity contribution in [2.75, 3.05) is 24.3 Å². The van der Waals surface area contributed by atoms with E-state index in [4.69, 9.17) is 9.72 Å². The summed E-state index contributed by atoms with van der Waals surface area (Å²) in [6, 6.07) is 19.7. The number of methoxy groups -OCH3 is 1. The van der Waals surface area contributed by atoms with Gasteiger partial charge in [0.05, 0.1) is 7.11 Å². The maximum absolute atomic E-state index is 5.23. The lowest BCUT2D eigenvalue weighted by Gasteiger charge is -2.10. The Morgan fingerprint density at radius 3 is 2.39 bits per heavy atom. The molecule has 0 unspecified atom stereocenters. The molecule has 3 aromatic heterocycles. The molecule has 0 aliphatic carbocycles. The zero-order chi connectivity index (χ0) is 22.5. The normalized spacial score (nSPS) is 10.8. The van der Waals surface area contributed by atoms with E-state index in [0.29, 0.717) is 35.4 Å². The number of para-hydroxylation sites is 1. The second-order valence-corrected chi connectivity index (χ2v) is 7.24. The number of aromatic nitrogens is 6. The number of ether oxygens (including phenoxy) is 1. The van der Waals surface area contributed by atoms with Gasteiger partial charge in [0.25, 0.3) is 0 Å². The first kappa shape index (κ1) is 20.4. The summed E-state index contributed by atoms with van der Waals surface area (Å²) in [5.74, 6) is 2.29. The summed E-state index contributed by atoms with van der Waals surface area (Å²) in [7, 11) is 1.66. The Labute approximate surface area is 190 Å². The minimum Gasteiger partial charge on any atom is -0.497 e. The van der Waals surface area contributed by atoms with E-state index < -0.39 is 0 Å². The van der Waals surface area contributed by atoms with Crippen LogP contribution in [0.2, 0.25) is 0 Å². The van der Waals surface area contributed by atoms with Crippen molar-refractivity contribution in [1.82, 2.24) is 29.5 Å². The number of fused-ring (bicyclic) bond motifs is 1. The third-order valence-corrected chi connectivity index (χ3v) is 5.09. The molecule has 0 atom stereocenters. The van der Waals surface area contributed by atoms with Crippen LogP contribution in [0.3, 0.4) is 0 Å². The van der Waals surface area contributed by atoms with Gasteiger partial charge < -0.3 is 10.1 Å². The zero-order valence-corrected chi connectivity index (χ0v) is 18.0. The second kappa shape index (κ2) is 9.31. The topological polar surface area (TPSA) is 103 Å². The van der Waals surface area contributed by atoms with Crippen LogP contribution in [0.15, 0.2) is 79.4 Å². The number of rotatable bonds is 8. The average Bonchev–Trinajstić information content (AvgIpc) is 3.30. The lowest BCUT2D eigenvalue weighted by molar-refractivity contribution is 0.414. The first-order valence-electron chi connectivity index (χ1n) is 10.5. The van der Waals surface area contributed by atoms with Crippen LogP contribution in [-0.4, -0.2) is 43.1 Å². The van der Waals surface area contributed by atoms with Crippen molar-refractivity contribution in [2.24, 2.45) is 0 Å². The van der Waals surface area contributed by atoms with E-state index in [1.54, 1.807) is 31.9 Å². The van der Waals surface area contributed by atoms with E-state index in [1.807, 2.05) is 47.0 Å². The van der Waals surface area contributed by atoms with Crippen LogP contribution in [0, 0.1) is 0 Å². The van der Waals surface area contributed by atoms with Crippen LogP contribution in [-0.2, 0) is 6.42 Å². The van der Waals surface area contributed by atoms with Gasteiger partial charge in [-0.25, -0.2) is 15.0 Å². The molecule has 0 amide bonds. The molecular formula is C24H22N8O. The minimum atomic E-state index is 0.387. The first-order valence-corrected chi connectivity index (χ1v) is 10.5. The summed E-state index contributed by atoms with van der Waals surface area (Å²) in [5.41, 5.74) is 3.53. The molecule has 5 aromatic rings. The summed E-state index contributed by atoms with van der Waals surface area (Å²) in [5, 5.41) is 6.50. The molecule has 0 saturated carbocycles. The molecule has 0 bridgehead atoms. The molecule has 0 spiro atoms. The van der Waals surface area contributed by atoms with Crippen molar-refractivity contribution < 1.29 is 4.74 Å². The fraction of sp³-hybridized carbons (Fsp3) is 0.125. The molecule has 33 heavy (non-hydrogen) atoms. The van der Waals surface area contributed by atoms with Gasteiger partial charge in [0.15, 0.2) is 17.0 Å². The van der Waals surface area contributed by atoms with Crippen LogP contribution in [0.1, 0.15) is 5.56 Å². The van der Waals surface area contributed by atoms with E-state index in [2.05, 4.69) is 42.7 Å². The van der Waals surface area contributed by atoms with Crippen LogP contribution >= 0.6 is 0 Å². The molecule has 9 nitrogen and oxygen atoms in total. The van der Waals surface area contributed by atoms with Crippen molar-refractivity contribution in [3.8, 4) is 11.4 Å². The molecule has 164 valence electrons. The van der Waals surface area contributed by atoms with Gasteiger partial charge in [0, 0.05) is 24.6 Å². The number of anilines is 3. The highest BCUT2D eigenvalue weighted by molar-refractivity contribution is 5.85. The first-order chi connectivity index (χ1) is 16.3. The number of nitrogens with zero attached hydrogens (tertiary/aromatic N) is 6. The van der Waals surface area contributed by atoms with Crippen LogP contribution in [0.25, 0.3) is 16.9 Å². The monoisotopic (exact) mass is 438 g/mol. The van der Waals surface area contributed by atoms with Gasteiger partial charge in [-0.2, -0.15) is 9.97 Å². The smallest absolute Gasteiger partial charge is 0.233 e. The van der Waals surface area contributed by atoms with Gasteiger partial charge in [-0.3, -0.25) is 9.88 Å². The molecule has 3 heterocycles. The third kappa shape index (κ3) is 4.57. The van der Waals surface area contributed by atoms with Gasteiger partial charge in [-0.15, -0.1) is 0 Å². The van der Waals surface area contributed by atoms with E-state index >= 15 is 0 Å². The molecular weight excluding hydrogens is 416 g/mol. The lowest BCUT2D eigenvalue weighted by atomic mass is 10.1. The summed E-state index contributed by atoms with van der Waals surface area (Å²) < 4.78 is 7.16. The van der Waals surface area contributed by atoms with E-state index in [9.17, 15) is 0 Å². The lowest BCUT2D eigenvalue weighted by Crippen LogP contribution is -2.10. The van der Waals surface area contributed by atoms with E-state index in [0.717, 1.165) is 17.9 Å². The Morgan fingerprint density at radius 2 is 1.64 bits per heavy atom. The van der Waals surface area contributed by atoms with E-state index in [1.165, 1.54) is 5.56 Å². The second-order valence-electron chi connectivity index (χ2n) is 7.24. The predicted octanol–water partition coefficient (Wildman–Crippen LogP) is 4.01. The Bertz CT molecular complexity index is 1340. The maximum Gasteiger partial charge on any atom is 0.233 e. The average molecular weight is 438 g/mol. The van der Waals surface area contributed by atoms with Gasteiger partial charge in [-0.05, 0) is 42.3 Å². The molecule has 2 N–H and O–H groups in total. The van der Waals surface area contributed by atoms with Crippen LogP contribution in [0.5, 0.6) is 5.75 Å². The van der Waals surface area contributed by atoms with Crippen molar-refractivity contribution in [3.05, 3.63) is 84.9 Å². The van der Waals surface area contributed by atoms with E-state index in [-0.39, 0.29) is 0 Å². The number of imidazole rings is 1. The molecule has 9 heteroatoms.